The number of allylic oxidation sites excluding steroid dienone is 4. The lowest BCUT2D eigenvalue weighted by molar-refractivity contribution is 0.420. The zero-order chi connectivity index (χ0) is 11.8. The van der Waals surface area contributed by atoms with E-state index in [0.717, 1.165) is 18.8 Å². The Kier molecular flexibility index (Phi) is 6.92. The van der Waals surface area contributed by atoms with E-state index in [2.05, 4.69) is 24.8 Å². The first kappa shape index (κ1) is 14.1. The Morgan fingerprint density at radius 1 is 1.47 bits per heavy atom. The van der Waals surface area contributed by atoms with Crippen LogP contribution in [0.2, 0.25) is 0 Å². The minimum absolute atomic E-state index is 0.329. The molecule has 0 saturated carbocycles. The fourth-order valence-electron chi connectivity index (χ4n) is 1.10. The molecule has 0 radical (unpaired) electrons. The van der Waals surface area contributed by atoms with Gasteiger partial charge in [0.1, 0.15) is 0 Å². The minimum atomic E-state index is 0.329. The van der Waals surface area contributed by atoms with Gasteiger partial charge in [-0.15, -0.1) is 0 Å². The van der Waals surface area contributed by atoms with Crippen LogP contribution in [-0.2, 0) is 0 Å². The van der Waals surface area contributed by atoms with Crippen molar-refractivity contribution >= 4 is 5.71 Å². The summed E-state index contributed by atoms with van der Waals surface area (Å²) in [6.07, 6.45) is 5.83. The van der Waals surface area contributed by atoms with E-state index in [-0.39, 0.29) is 0 Å². The quantitative estimate of drug-likeness (QED) is 0.727. The number of hydrogen-bond donors (Lipinski definition) is 2. The van der Waals surface area contributed by atoms with Crippen LogP contribution < -0.4 is 5.73 Å². The van der Waals surface area contributed by atoms with Crippen molar-refractivity contribution in [1.82, 2.24) is 4.90 Å². The van der Waals surface area contributed by atoms with E-state index >= 15 is 0 Å². The van der Waals surface area contributed by atoms with Crippen molar-refractivity contribution in [2.24, 2.45) is 11.7 Å². The van der Waals surface area contributed by atoms with Crippen molar-refractivity contribution in [3.8, 4) is 0 Å². The van der Waals surface area contributed by atoms with Crippen LogP contribution in [0, 0.1) is 11.3 Å². The molecular formula is C12H23N3. The maximum atomic E-state index is 7.40. The zero-order valence-electron chi connectivity index (χ0n) is 10.2. The minimum Gasteiger partial charge on any atom is -0.329 e. The van der Waals surface area contributed by atoms with Gasteiger partial charge in [-0.05, 0) is 27.1 Å². The molecule has 0 aliphatic heterocycles. The van der Waals surface area contributed by atoms with Crippen molar-refractivity contribution in [3.63, 3.8) is 0 Å². The Bertz CT molecular complexity index is 252. The molecule has 3 N–H and O–H groups in total. The van der Waals surface area contributed by atoms with Crippen LogP contribution in [0.5, 0.6) is 0 Å². The van der Waals surface area contributed by atoms with E-state index in [9.17, 15) is 0 Å². The highest BCUT2D eigenvalue weighted by atomic mass is 15.1. The van der Waals surface area contributed by atoms with Gasteiger partial charge in [0.05, 0.1) is 0 Å². The average molecular weight is 209 g/mol. The molecule has 1 unspecified atom stereocenters. The van der Waals surface area contributed by atoms with Gasteiger partial charge in [0.2, 0.25) is 0 Å². The van der Waals surface area contributed by atoms with Crippen molar-refractivity contribution in [2.75, 3.05) is 27.2 Å². The summed E-state index contributed by atoms with van der Waals surface area (Å²) < 4.78 is 0. The lowest BCUT2D eigenvalue weighted by Crippen LogP contribution is -2.20. The molecule has 3 heteroatoms. The summed E-state index contributed by atoms with van der Waals surface area (Å²) in [5.41, 5.74) is 7.19. The van der Waals surface area contributed by atoms with Crippen LogP contribution in [0.25, 0.3) is 0 Å². The smallest absolute Gasteiger partial charge is 0.0382 e. The molecule has 0 spiro atoms. The highest BCUT2D eigenvalue weighted by molar-refractivity contribution is 5.97. The summed E-state index contributed by atoms with van der Waals surface area (Å²) in [6.45, 7) is 5.85. The molecular weight excluding hydrogens is 186 g/mol. The van der Waals surface area contributed by atoms with Gasteiger partial charge in [-0.1, -0.05) is 24.6 Å². The molecule has 1 rings (SSSR count). The molecule has 0 aromatic rings. The number of rotatable bonds is 2. The number of nitrogens with zero attached hydrogens (tertiary/aromatic N) is 1. The second-order valence-electron chi connectivity index (χ2n) is 4.04. The molecule has 1 atom stereocenters. The summed E-state index contributed by atoms with van der Waals surface area (Å²) in [7, 11) is 4.01. The maximum Gasteiger partial charge on any atom is 0.0382 e. The highest BCUT2D eigenvalue weighted by Gasteiger charge is 2.09. The van der Waals surface area contributed by atoms with Gasteiger partial charge in [0, 0.05) is 24.7 Å². The molecule has 0 saturated heterocycles. The van der Waals surface area contributed by atoms with E-state index in [1.54, 1.807) is 0 Å². The molecule has 3 nitrogen and oxygen atoms in total. The predicted molar refractivity (Wildman–Crippen MR) is 67.4 cm³/mol. The topological polar surface area (TPSA) is 53.1 Å². The molecule has 0 fully saturated rings. The molecule has 86 valence electrons. The van der Waals surface area contributed by atoms with Crippen LogP contribution in [-0.4, -0.2) is 37.8 Å². The highest BCUT2D eigenvalue weighted by Crippen LogP contribution is 2.15. The lowest BCUT2D eigenvalue weighted by Gasteiger charge is -2.13. The third kappa shape index (κ3) is 6.20. The maximum absolute atomic E-state index is 7.40. The van der Waals surface area contributed by atoms with Crippen LogP contribution in [0.3, 0.4) is 0 Å². The Balaban J connectivity index is 0.000000288. The summed E-state index contributed by atoms with van der Waals surface area (Å²) in [5, 5.41) is 7.40. The zero-order valence-corrected chi connectivity index (χ0v) is 10.2. The summed E-state index contributed by atoms with van der Waals surface area (Å²) in [5.74, 6) is 0.329. The van der Waals surface area contributed by atoms with E-state index in [0.29, 0.717) is 5.92 Å². The largest absolute Gasteiger partial charge is 0.329 e. The molecule has 0 bridgehead atoms. The predicted octanol–water partition coefficient (Wildman–Crippen LogP) is 1.67. The number of nitrogens with two attached hydrogens (primary N) is 1. The second kappa shape index (κ2) is 7.37. The van der Waals surface area contributed by atoms with Crippen molar-refractivity contribution in [2.45, 2.75) is 13.8 Å². The number of nitrogens with one attached hydrogen (secondary N) is 1. The Hall–Kier alpha value is -0.930. The van der Waals surface area contributed by atoms with Gasteiger partial charge in [-0.3, -0.25) is 0 Å². The first-order valence-electron chi connectivity index (χ1n) is 5.27. The van der Waals surface area contributed by atoms with E-state index in [1.165, 1.54) is 5.57 Å². The fourth-order valence-corrected chi connectivity index (χ4v) is 1.10. The Labute approximate surface area is 93.2 Å². The second-order valence-corrected chi connectivity index (χ2v) is 4.04. The number of likely N-dealkylation sites (N-methyl/N-ethyl adjacent to an activating group) is 1. The van der Waals surface area contributed by atoms with Crippen LogP contribution >= 0.6 is 0 Å². The third-order valence-electron chi connectivity index (χ3n) is 2.36. The van der Waals surface area contributed by atoms with Crippen molar-refractivity contribution < 1.29 is 0 Å². The Morgan fingerprint density at radius 3 is 2.33 bits per heavy atom. The van der Waals surface area contributed by atoms with Crippen molar-refractivity contribution in [3.05, 3.63) is 23.8 Å². The van der Waals surface area contributed by atoms with Gasteiger partial charge < -0.3 is 16.0 Å². The summed E-state index contributed by atoms with van der Waals surface area (Å²) in [4.78, 5) is 2.06. The van der Waals surface area contributed by atoms with E-state index < -0.39 is 0 Å². The van der Waals surface area contributed by atoms with E-state index in [1.807, 2.05) is 26.2 Å². The standard InChI is InChI=1S/C8H11N.C4H12N2/c1-6-4-3-5-8(9)7(6)2;1-6(2)4-3-5/h3-5,7,9H,1-2H3;3-5H2,1-2H3. The van der Waals surface area contributed by atoms with Gasteiger partial charge in [0.25, 0.3) is 0 Å². The third-order valence-corrected chi connectivity index (χ3v) is 2.36. The summed E-state index contributed by atoms with van der Waals surface area (Å²) in [6, 6.07) is 0. The molecule has 1 aliphatic rings. The van der Waals surface area contributed by atoms with Crippen molar-refractivity contribution in [1.29, 1.82) is 5.41 Å². The van der Waals surface area contributed by atoms with Crippen LogP contribution in [0.4, 0.5) is 0 Å². The Morgan fingerprint density at radius 2 is 2.07 bits per heavy atom. The molecule has 0 aromatic heterocycles. The fraction of sp³-hybridized carbons (Fsp3) is 0.583. The molecule has 0 aromatic carbocycles. The van der Waals surface area contributed by atoms with Gasteiger partial charge in [-0.2, -0.15) is 0 Å². The molecule has 15 heavy (non-hydrogen) atoms. The van der Waals surface area contributed by atoms with E-state index in [4.69, 9.17) is 11.1 Å². The SMILES string of the molecule is CC1=CC=CC(=N)C1C.CN(C)CCN. The molecule has 0 heterocycles. The normalized spacial score (nSPS) is 19.7. The summed E-state index contributed by atoms with van der Waals surface area (Å²) >= 11 is 0. The molecule has 0 amide bonds. The first-order valence-corrected chi connectivity index (χ1v) is 5.27. The first-order chi connectivity index (χ1) is 6.99. The van der Waals surface area contributed by atoms with Gasteiger partial charge >= 0.3 is 0 Å². The van der Waals surface area contributed by atoms with Gasteiger partial charge in [-0.25, -0.2) is 0 Å². The monoisotopic (exact) mass is 209 g/mol. The number of hydrogen-bond acceptors (Lipinski definition) is 3. The van der Waals surface area contributed by atoms with Crippen LogP contribution in [0.1, 0.15) is 13.8 Å². The molecule has 1 aliphatic carbocycles. The average Bonchev–Trinajstić information content (AvgIpc) is 2.15. The van der Waals surface area contributed by atoms with Crippen LogP contribution in [0.15, 0.2) is 23.8 Å². The lowest BCUT2D eigenvalue weighted by atomic mass is 9.93. The van der Waals surface area contributed by atoms with Gasteiger partial charge in [0.15, 0.2) is 0 Å².